The summed E-state index contributed by atoms with van der Waals surface area (Å²) < 4.78 is 5.45. The van der Waals surface area contributed by atoms with E-state index in [1.807, 2.05) is 68.4 Å². The van der Waals surface area contributed by atoms with E-state index in [0.29, 0.717) is 23.9 Å². The van der Waals surface area contributed by atoms with E-state index in [1.165, 1.54) is 0 Å². The van der Waals surface area contributed by atoms with Gasteiger partial charge in [-0.05, 0) is 50.6 Å². The quantitative estimate of drug-likeness (QED) is 0.638. The third kappa shape index (κ3) is 5.07. The zero-order valence-electron chi connectivity index (χ0n) is 16.3. The Morgan fingerprint density at radius 1 is 1.07 bits per heavy atom. The predicted octanol–water partition coefficient (Wildman–Crippen LogP) is 4.42. The number of amides is 1. The molecule has 3 rings (SSSR count). The number of nitrogens with zero attached hydrogens (tertiary/aromatic N) is 2. The Balaban J connectivity index is 1.72. The van der Waals surface area contributed by atoms with Crippen LogP contribution in [0.4, 0.5) is 11.5 Å². The first-order valence-corrected chi connectivity index (χ1v) is 9.26. The molecule has 0 aliphatic rings. The van der Waals surface area contributed by atoms with Gasteiger partial charge < -0.3 is 15.4 Å². The highest BCUT2D eigenvalue weighted by atomic mass is 16.5. The average Bonchev–Trinajstić information content (AvgIpc) is 2.70. The summed E-state index contributed by atoms with van der Waals surface area (Å²) in [6.07, 6.45) is 0. The Morgan fingerprint density at radius 3 is 2.46 bits per heavy atom. The minimum absolute atomic E-state index is 0.119. The van der Waals surface area contributed by atoms with Crippen molar-refractivity contribution in [3.8, 4) is 5.75 Å². The highest BCUT2D eigenvalue weighted by Crippen LogP contribution is 2.20. The Morgan fingerprint density at radius 2 is 1.79 bits per heavy atom. The number of benzene rings is 2. The standard InChI is InChI=1S/C22H24N4O2/c1-4-28-19-12-10-18(11-13-19)26-21-14-20(24-16(3)25-21)22(27)23-15(2)17-8-6-5-7-9-17/h5-15H,4H2,1-3H3,(H,23,27)(H,24,25,26). The van der Waals surface area contributed by atoms with Crippen LogP contribution in [0.3, 0.4) is 0 Å². The van der Waals surface area contributed by atoms with E-state index in [-0.39, 0.29) is 11.9 Å². The van der Waals surface area contributed by atoms with Crippen LogP contribution in [-0.4, -0.2) is 22.5 Å². The van der Waals surface area contributed by atoms with Crippen molar-refractivity contribution in [3.05, 3.63) is 77.7 Å². The molecule has 0 radical (unpaired) electrons. The third-order valence-electron chi connectivity index (χ3n) is 4.16. The van der Waals surface area contributed by atoms with Gasteiger partial charge in [0.1, 0.15) is 23.1 Å². The van der Waals surface area contributed by atoms with E-state index in [9.17, 15) is 4.79 Å². The van der Waals surface area contributed by atoms with Crippen molar-refractivity contribution in [3.63, 3.8) is 0 Å². The molecular formula is C22H24N4O2. The summed E-state index contributed by atoms with van der Waals surface area (Å²) in [6.45, 7) is 6.28. The normalized spacial score (nSPS) is 11.5. The van der Waals surface area contributed by atoms with Crippen LogP contribution in [0.15, 0.2) is 60.7 Å². The molecule has 0 saturated carbocycles. The second-order valence-corrected chi connectivity index (χ2v) is 6.37. The number of rotatable bonds is 7. The van der Waals surface area contributed by atoms with Crippen molar-refractivity contribution in [1.29, 1.82) is 0 Å². The van der Waals surface area contributed by atoms with Gasteiger partial charge in [0.2, 0.25) is 0 Å². The fraction of sp³-hybridized carbons (Fsp3) is 0.227. The number of nitrogens with one attached hydrogen (secondary N) is 2. The number of anilines is 2. The van der Waals surface area contributed by atoms with Gasteiger partial charge in [-0.3, -0.25) is 4.79 Å². The van der Waals surface area contributed by atoms with E-state index in [1.54, 1.807) is 13.0 Å². The molecule has 2 N–H and O–H groups in total. The van der Waals surface area contributed by atoms with Crippen LogP contribution < -0.4 is 15.4 Å². The Hall–Kier alpha value is -3.41. The lowest BCUT2D eigenvalue weighted by Gasteiger charge is -2.15. The maximum Gasteiger partial charge on any atom is 0.270 e. The van der Waals surface area contributed by atoms with Crippen molar-refractivity contribution in [1.82, 2.24) is 15.3 Å². The molecule has 144 valence electrons. The summed E-state index contributed by atoms with van der Waals surface area (Å²) >= 11 is 0. The molecule has 0 spiro atoms. The van der Waals surface area contributed by atoms with Crippen molar-refractivity contribution >= 4 is 17.4 Å². The number of ether oxygens (including phenoxy) is 1. The molecule has 0 aliphatic carbocycles. The second-order valence-electron chi connectivity index (χ2n) is 6.37. The first-order chi connectivity index (χ1) is 13.5. The molecule has 28 heavy (non-hydrogen) atoms. The maximum atomic E-state index is 12.7. The van der Waals surface area contributed by atoms with Crippen LogP contribution in [0.1, 0.15) is 41.8 Å². The molecule has 1 heterocycles. The van der Waals surface area contributed by atoms with Gasteiger partial charge in [-0.15, -0.1) is 0 Å². The van der Waals surface area contributed by atoms with Gasteiger partial charge in [0.15, 0.2) is 0 Å². The second kappa shape index (κ2) is 8.99. The molecule has 0 bridgehead atoms. The first-order valence-electron chi connectivity index (χ1n) is 9.26. The molecule has 6 heteroatoms. The highest BCUT2D eigenvalue weighted by Gasteiger charge is 2.14. The van der Waals surface area contributed by atoms with Gasteiger partial charge in [0.05, 0.1) is 12.6 Å². The maximum absolute atomic E-state index is 12.7. The molecule has 0 saturated heterocycles. The molecule has 3 aromatic rings. The molecule has 0 aliphatic heterocycles. The van der Waals surface area contributed by atoms with Crippen molar-refractivity contribution in [2.45, 2.75) is 26.8 Å². The van der Waals surface area contributed by atoms with E-state index in [0.717, 1.165) is 17.0 Å². The molecule has 1 amide bonds. The van der Waals surface area contributed by atoms with Gasteiger partial charge in [-0.1, -0.05) is 30.3 Å². The molecule has 1 unspecified atom stereocenters. The minimum atomic E-state index is -0.239. The zero-order chi connectivity index (χ0) is 19.9. The highest BCUT2D eigenvalue weighted by molar-refractivity contribution is 5.93. The average molecular weight is 376 g/mol. The SMILES string of the molecule is CCOc1ccc(Nc2cc(C(=O)NC(C)c3ccccc3)nc(C)n2)cc1. The topological polar surface area (TPSA) is 76.1 Å². The van der Waals surface area contributed by atoms with Gasteiger partial charge in [-0.2, -0.15) is 0 Å². The van der Waals surface area contributed by atoms with Gasteiger partial charge >= 0.3 is 0 Å². The zero-order valence-corrected chi connectivity index (χ0v) is 16.3. The van der Waals surface area contributed by atoms with Crippen molar-refractivity contribution in [2.24, 2.45) is 0 Å². The van der Waals surface area contributed by atoms with Crippen LogP contribution in [0.25, 0.3) is 0 Å². The summed E-state index contributed by atoms with van der Waals surface area (Å²) in [5.41, 5.74) is 2.21. The van der Waals surface area contributed by atoms with Crippen LogP contribution in [0, 0.1) is 6.92 Å². The summed E-state index contributed by atoms with van der Waals surface area (Å²) in [5.74, 6) is 1.65. The lowest BCUT2D eigenvalue weighted by Crippen LogP contribution is -2.27. The summed E-state index contributed by atoms with van der Waals surface area (Å²) in [6, 6.07) is 18.9. The molecule has 1 aromatic heterocycles. The number of hydrogen-bond donors (Lipinski definition) is 2. The Bertz CT molecular complexity index is 927. The fourth-order valence-corrected chi connectivity index (χ4v) is 2.79. The van der Waals surface area contributed by atoms with E-state index in [2.05, 4.69) is 20.6 Å². The molecule has 2 aromatic carbocycles. The predicted molar refractivity (Wildman–Crippen MR) is 110 cm³/mol. The van der Waals surface area contributed by atoms with Crippen LogP contribution in [0.5, 0.6) is 5.75 Å². The first kappa shape index (κ1) is 19.4. The van der Waals surface area contributed by atoms with Gasteiger partial charge in [0.25, 0.3) is 5.91 Å². The number of carbonyl (C=O) groups excluding carboxylic acids is 1. The number of carbonyl (C=O) groups is 1. The summed E-state index contributed by atoms with van der Waals surface area (Å²) in [5, 5.41) is 6.19. The summed E-state index contributed by atoms with van der Waals surface area (Å²) in [4.78, 5) is 21.3. The smallest absolute Gasteiger partial charge is 0.270 e. The fourth-order valence-electron chi connectivity index (χ4n) is 2.79. The lowest BCUT2D eigenvalue weighted by atomic mass is 10.1. The van der Waals surface area contributed by atoms with Crippen LogP contribution in [0.2, 0.25) is 0 Å². The van der Waals surface area contributed by atoms with Crippen molar-refractivity contribution < 1.29 is 9.53 Å². The molecular weight excluding hydrogens is 352 g/mol. The van der Waals surface area contributed by atoms with E-state index < -0.39 is 0 Å². The van der Waals surface area contributed by atoms with E-state index >= 15 is 0 Å². The number of hydrogen-bond acceptors (Lipinski definition) is 5. The van der Waals surface area contributed by atoms with Crippen molar-refractivity contribution in [2.75, 3.05) is 11.9 Å². The molecule has 6 nitrogen and oxygen atoms in total. The van der Waals surface area contributed by atoms with Crippen LogP contribution >= 0.6 is 0 Å². The van der Waals surface area contributed by atoms with E-state index in [4.69, 9.17) is 4.74 Å². The minimum Gasteiger partial charge on any atom is -0.494 e. The Labute approximate surface area is 165 Å². The monoisotopic (exact) mass is 376 g/mol. The molecule has 0 fully saturated rings. The summed E-state index contributed by atoms with van der Waals surface area (Å²) in [7, 11) is 0. The largest absolute Gasteiger partial charge is 0.494 e. The third-order valence-corrected chi connectivity index (χ3v) is 4.16. The lowest BCUT2D eigenvalue weighted by molar-refractivity contribution is 0.0934. The Kier molecular flexibility index (Phi) is 6.22. The number of aromatic nitrogens is 2. The van der Waals surface area contributed by atoms with Crippen LogP contribution in [-0.2, 0) is 0 Å². The van der Waals surface area contributed by atoms with Gasteiger partial charge in [0, 0.05) is 11.8 Å². The molecule has 1 atom stereocenters. The number of aryl methyl sites for hydroxylation is 1. The van der Waals surface area contributed by atoms with Gasteiger partial charge in [-0.25, -0.2) is 9.97 Å².